The molecule has 0 saturated heterocycles. The van der Waals surface area contributed by atoms with Gasteiger partial charge in [0.05, 0.1) is 16.8 Å². The first-order chi connectivity index (χ1) is 13.2. The quantitative estimate of drug-likeness (QED) is 0.697. The van der Waals surface area contributed by atoms with E-state index in [9.17, 15) is 18.0 Å². The standard InChI is InChI=1S/C19H13F3N4O2/c1-9-6-7-13(28-9)16-14-15(25-18(23)26-16)12(24-17(14)27)8-10-4-2-3-5-11(10)19(20,21)22/h2-8H,1H3,(H,24,27)(H2,23,25,26). The van der Waals surface area contributed by atoms with E-state index in [2.05, 4.69) is 15.3 Å². The fourth-order valence-corrected chi connectivity index (χ4v) is 3.01. The molecule has 0 unspecified atom stereocenters. The van der Waals surface area contributed by atoms with Crippen LogP contribution in [-0.4, -0.2) is 15.9 Å². The number of fused-ring (bicyclic) bond motifs is 1. The van der Waals surface area contributed by atoms with Crippen molar-refractivity contribution in [1.29, 1.82) is 0 Å². The van der Waals surface area contributed by atoms with Crippen molar-refractivity contribution in [2.45, 2.75) is 13.1 Å². The Morgan fingerprint density at radius 1 is 1.11 bits per heavy atom. The van der Waals surface area contributed by atoms with Gasteiger partial charge < -0.3 is 15.5 Å². The van der Waals surface area contributed by atoms with Crippen LogP contribution >= 0.6 is 0 Å². The number of nitrogen functional groups attached to an aromatic ring is 1. The fourth-order valence-electron chi connectivity index (χ4n) is 3.01. The summed E-state index contributed by atoms with van der Waals surface area (Å²) in [4.78, 5) is 20.7. The Balaban J connectivity index is 1.90. The van der Waals surface area contributed by atoms with Crippen molar-refractivity contribution < 1.29 is 22.4 Å². The lowest BCUT2D eigenvalue weighted by molar-refractivity contribution is -0.137. The maximum atomic E-state index is 13.3. The van der Waals surface area contributed by atoms with E-state index in [4.69, 9.17) is 10.2 Å². The van der Waals surface area contributed by atoms with Crippen molar-refractivity contribution in [1.82, 2.24) is 15.3 Å². The van der Waals surface area contributed by atoms with Gasteiger partial charge >= 0.3 is 6.18 Å². The number of benzene rings is 1. The van der Waals surface area contributed by atoms with Gasteiger partial charge in [0, 0.05) is 0 Å². The van der Waals surface area contributed by atoms with Crippen molar-refractivity contribution in [3.05, 3.63) is 64.5 Å². The summed E-state index contributed by atoms with van der Waals surface area (Å²) in [7, 11) is 0. The lowest BCUT2D eigenvalue weighted by atomic mass is 10.0. The molecule has 0 radical (unpaired) electrons. The molecule has 1 aliphatic rings. The number of aromatic nitrogens is 2. The SMILES string of the molecule is Cc1ccc(-c2nc(N)nc3c2C(=O)NC3=Cc2ccccc2C(F)(F)F)o1. The number of nitrogens with one attached hydrogen (secondary N) is 1. The summed E-state index contributed by atoms with van der Waals surface area (Å²) in [6.45, 7) is 1.73. The largest absolute Gasteiger partial charge is 0.460 e. The number of aryl methyl sites for hydroxylation is 1. The molecular formula is C19H13F3N4O2. The summed E-state index contributed by atoms with van der Waals surface area (Å²) in [5, 5.41) is 2.55. The highest BCUT2D eigenvalue weighted by atomic mass is 19.4. The number of furan rings is 1. The molecule has 3 N–H and O–H groups in total. The highest BCUT2D eigenvalue weighted by Gasteiger charge is 2.35. The van der Waals surface area contributed by atoms with Crippen LogP contribution in [0.4, 0.5) is 19.1 Å². The monoisotopic (exact) mass is 386 g/mol. The van der Waals surface area contributed by atoms with Crippen LogP contribution in [0, 0.1) is 6.92 Å². The Hall–Kier alpha value is -3.62. The zero-order valence-corrected chi connectivity index (χ0v) is 14.5. The van der Waals surface area contributed by atoms with Crippen molar-refractivity contribution in [3.8, 4) is 11.5 Å². The molecule has 1 aliphatic heterocycles. The molecule has 9 heteroatoms. The van der Waals surface area contributed by atoms with Gasteiger partial charge in [-0.25, -0.2) is 9.97 Å². The Labute approximate surface area is 156 Å². The second-order valence-corrected chi connectivity index (χ2v) is 6.16. The van der Waals surface area contributed by atoms with Crippen LogP contribution in [0.2, 0.25) is 0 Å². The maximum absolute atomic E-state index is 13.3. The molecule has 0 bridgehead atoms. The summed E-state index contributed by atoms with van der Waals surface area (Å²) in [5.41, 5.74) is 5.34. The lowest BCUT2D eigenvalue weighted by Gasteiger charge is -2.10. The van der Waals surface area contributed by atoms with Gasteiger partial charge in [-0.15, -0.1) is 0 Å². The molecule has 4 rings (SSSR count). The Morgan fingerprint density at radius 3 is 2.50 bits per heavy atom. The third-order valence-corrected chi connectivity index (χ3v) is 4.20. The average molecular weight is 386 g/mol. The smallest absolute Gasteiger partial charge is 0.416 e. The number of alkyl halides is 3. The zero-order chi connectivity index (χ0) is 20.1. The highest BCUT2D eigenvalue weighted by Crippen LogP contribution is 2.36. The van der Waals surface area contributed by atoms with E-state index in [1.807, 2.05) is 0 Å². The van der Waals surface area contributed by atoms with Crippen LogP contribution in [0.5, 0.6) is 0 Å². The second kappa shape index (κ2) is 6.22. The van der Waals surface area contributed by atoms with E-state index in [1.54, 1.807) is 19.1 Å². The summed E-state index contributed by atoms with van der Waals surface area (Å²) in [5.74, 6) is 0.244. The van der Waals surface area contributed by atoms with Crippen LogP contribution in [0.15, 0.2) is 40.8 Å². The van der Waals surface area contributed by atoms with Crippen LogP contribution in [0.3, 0.4) is 0 Å². The summed E-state index contributed by atoms with van der Waals surface area (Å²) < 4.78 is 45.3. The number of anilines is 1. The predicted molar refractivity (Wildman–Crippen MR) is 95.7 cm³/mol. The summed E-state index contributed by atoms with van der Waals surface area (Å²) in [6.07, 6.45) is -3.32. The predicted octanol–water partition coefficient (Wildman–Crippen LogP) is 3.89. The topological polar surface area (TPSA) is 94.0 Å². The van der Waals surface area contributed by atoms with Gasteiger partial charge in [-0.1, -0.05) is 18.2 Å². The third-order valence-electron chi connectivity index (χ3n) is 4.20. The van der Waals surface area contributed by atoms with Crippen LogP contribution in [0.25, 0.3) is 23.2 Å². The number of carbonyl (C=O) groups excluding carboxylic acids is 1. The number of nitrogens with two attached hydrogens (primary N) is 1. The molecule has 3 heterocycles. The molecule has 28 heavy (non-hydrogen) atoms. The average Bonchev–Trinajstić information content (AvgIpc) is 3.18. The summed E-state index contributed by atoms with van der Waals surface area (Å²) in [6, 6.07) is 8.37. The lowest BCUT2D eigenvalue weighted by Crippen LogP contribution is -2.13. The van der Waals surface area contributed by atoms with Crippen LogP contribution in [-0.2, 0) is 6.18 Å². The Kier molecular flexibility index (Phi) is 3.95. The van der Waals surface area contributed by atoms with E-state index in [-0.39, 0.29) is 34.2 Å². The molecule has 1 aromatic carbocycles. The van der Waals surface area contributed by atoms with Crippen molar-refractivity contribution in [2.24, 2.45) is 0 Å². The fraction of sp³-hybridized carbons (Fsp3) is 0.105. The van der Waals surface area contributed by atoms with Gasteiger partial charge in [0.1, 0.15) is 17.1 Å². The molecule has 2 aromatic heterocycles. The maximum Gasteiger partial charge on any atom is 0.416 e. The van der Waals surface area contributed by atoms with Crippen LogP contribution < -0.4 is 11.1 Å². The number of rotatable bonds is 2. The van der Waals surface area contributed by atoms with Crippen LogP contribution in [0.1, 0.15) is 32.9 Å². The van der Waals surface area contributed by atoms with E-state index in [0.717, 1.165) is 6.07 Å². The first-order valence-corrected chi connectivity index (χ1v) is 8.18. The minimum absolute atomic E-state index is 0.0966. The molecule has 3 aromatic rings. The number of amides is 1. The van der Waals surface area contributed by atoms with Gasteiger partial charge in [-0.2, -0.15) is 13.2 Å². The number of hydrogen-bond acceptors (Lipinski definition) is 5. The Bertz CT molecular complexity index is 1130. The van der Waals surface area contributed by atoms with E-state index >= 15 is 0 Å². The van der Waals surface area contributed by atoms with Crippen molar-refractivity contribution in [3.63, 3.8) is 0 Å². The van der Waals surface area contributed by atoms with E-state index in [0.29, 0.717) is 11.5 Å². The third kappa shape index (κ3) is 3.00. The van der Waals surface area contributed by atoms with Crippen molar-refractivity contribution >= 4 is 23.6 Å². The van der Waals surface area contributed by atoms with E-state index in [1.165, 1.54) is 24.3 Å². The molecule has 1 amide bonds. The normalized spacial score (nSPS) is 15.0. The van der Waals surface area contributed by atoms with E-state index < -0.39 is 17.6 Å². The first-order valence-electron chi connectivity index (χ1n) is 8.18. The molecular weight excluding hydrogens is 373 g/mol. The van der Waals surface area contributed by atoms with Gasteiger partial charge in [0.25, 0.3) is 5.91 Å². The Morgan fingerprint density at radius 2 is 1.82 bits per heavy atom. The number of carbonyl (C=O) groups is 1. The number of hydrogen-bond donors (Lipinski definition) is 2. The van der Waals surface area contributed by atoms with Gasteiger partial charge in [-0.05, 0) is 36.8 Å². The number of halogens is 3. The molecule has 0 saturated carbocycles. The second-order valence-electron chi connectivity index (χ2n) is 6.16. The molecule has 0 aliphatic carbocycles. The highest BCUT2D eigenvalue weighted by molar-refractivity contribution is 6.14. The molecule has 142 valence electrons. The molecule has 0 fully saturated rings. The molecule has 0 spiro atoms. The zero-order valence-electron chi connectivity index (χ0n) is 14.5. The molecule has 0 atom stereocenters. The first kappa shape index (κ1) is 17.8. The minimum atomic E-state index is -4.54. The van der Waals surface area contributed by atoms with Gasteiger partial charge in [0.2, 0.25) is 5.95 Å². The van der Waals surface area contributed by atoms with Crippen molar-refractivity contribution in [2.75, 3.05) is 5.73 Å². The minimum Gasteiger partial charge on any atom is -0.460 e. The summed E-state index contributed by atoms with van der Waals surface area (Å²) >= 11 is 0. The van der Waals surface area contributed by atoms with Gasteiger partial charge in [-0.3, -0.25) is 4.79 Å². The number of nitrogens with zero attached hydrogens (tertiary/aromatic N) is 2. The molecule has 6 nitrogen and oxygen atoms in total. The van der Waals surface area contributed by atoms with Gasteiger partial charge in [0.15, 0.2) is 5.76 Å².